The standard InChI is InChI=1S/C19H24N6O5/c1-6-30-18(27)24-16(13-10-20-19(2,3)15(13)22-24)21-17(26)12-8-7-11(23(4)5)9-14(12)25(28)29/h7-9,20H,6,10H2,1-5H3,(H,21,26). The van der Waals surface area contributed by atoms with E-state index in [2.05, 4.69) is 15.7 Å². The Hall–Kier alpha value is -3.47. The molecule has 30 heavy (non-hydrogen) atoms. The average Bonchev–Trinajstić information content (AvgIpc) is 3.19. The molecule has 11 heteroatoms. The molecule has 0 bridgehead atoms. The molecule has 11 nitrogen and oxygen atoms in total. The lowest BCUT2D eigenvalue weighted by atomic mass is 10.0. The van der Waals surface area contributed by atoms with Gasteiger partial charge in [-0.3, -0.25) is 14.9 Å². The fourth-order valence-corrected chi connectivity index (χ4v) is 3.27. The summed E-state index contributed by atoms with van der Waals surface area (Å²) in [7, 11) is 3.49. The quantitative estimate of drug-likeness (QED) is 0.561. The van der Waals surface area contributed by atoms with E-state index in [1.54, 1.807) is 32.0 Å². The predicted octanol–water partition coefficient (Wildman–Crippen LogP) is 2.45. The molecule has 160 valence electrons. The Morgan fingerprint density at radius 2 is 2.10 bits per heavy atom. The van der Waals surface area contributed by atoms with E-state index in [-0.39, 0.29) is 23.7 Å². The summed E-state index contributed by atoms with van der Waals surface area (Å²) < 4.78 is 6.04. The molecule has 1 aromatic heterocycles. The first-order chi connectivity index (χ1) is 14.1. The topological polar surface area (TPSA) is 132 Å². The minimum atomic E-state index is -0.740. The number of aromatic nitrogens is 2. The summed E-state index contributed by atoms with van der Waals surface area (Å²) in [5.74, 6) is -0.581. The van der Waals surface area contributed by atoms with Crippen molar-refractivity contribution in [3.8, 4) is 0 Å². The second-order valence-corrected chi connectivity index (χ2v) is 7.57. The van der Waals surface area contributed by atoms with Gasteiger partial charge in [-0.1, -0.05) is 0 Å². The van der Waals surface area contributed by atoms with E-state index < -0.39 is 22.5 Å². The normalized spacial score (nSPS) is 14.2. The number of ether oxygens (including phenoxy) is 1. The van der Waals surface area contributed by atoms with Crippen LogP contribution in [0.15, 0.2) is 18.2 Å². The lowest BCUT2D eigenvalue weighted by molar-refractivity contribution is -0.385. The second kappa shape index (κ2) is 7.75. The SMILES string of the molecule is CCOC(=O)n1nc2c(c1NC(=O)c1ccc(N(C)C)cc1[N+](=O)[O-])CNC2(C)C. The number of carbonyl (C=O) groups is 2. The third-order valence-electron chi connectivity index (χ3n) is 4.89. The number of hydrogen-bond acceptors (Lipinski definition) is 8. The van der Waals surface area contributed by atoms with Gasteiger partial charge in [0, 0.05) is 38.0 Å². The zero-order chi connectivity index (χ0) is 22.2. The first kappa shape index (κ1) is 21.2. The van der Waals surface area contributed by atoms with Gasteiger partial charge in [0.1, 0.15) is 11.4 Å². The maximum atomic E-state index is 13.0. The fourth-order valence-electron chi connectivity index (χ4n) is 3.27. The molecule has 0 unspecified atom stereocenters. The molecular weight excluding hydrogens is 392 g/mol. The molecule has 0 atom stereocenters. The van der Waals surface area contributed by atoms with Crippen molar-refractivity contribution >= 4 is 29.2 Å². The minimum Gasteiger partial charge on any atom is -0.448 e. The fraction of sp³-hybridized carbons (Fsp3) is 0.421. The molecule has 0 saturated carbocycles. The van der Waals surface area contributed by atoms with Crippen LogP contribution >= 0.6 is 0 Å². The van der Waals surface area contributed by atoms with Gasteiger partial charge in [-0.25, -0.2) is 4.79 Å². The highest BCUT2D eigenvalue weighted by atomic mass is 16.6. The van der Waals surface area contributed by atoms with Gasteiger partial charge in [0.05, 0.1) is 22.8 Å². The highest BCUT2D eigenvalue weighted by Crippen LogP contribution is 2.35. The molecular formula is C19H24N6O5. The molecule has 1 amide bonds. The summed E-state index contributed by atoms with van der Waals surface area (Å²) in [5.41, 5.74) is 0.849. The number of nitro benzene ring substituents is 1. The van der Waals surface area contributed by atoms with Crippen LogP contribution in [0.4, 0.5) is 22.0 Å². The monoisotopic (exact) mass is 416 g/mol. The summed E-state index contributed by atoms with van der Waals surface area (Å²) in [6, 6.07) is 4.32. The van der Waals surface area contributed by atoms with Crippen LogP contribution in [0, 0.1) is 10.1 Å². The zero-order valence-corrected chi connectivity index (χ0v) is 17.5. The lowest BCUT2D eigenvalue weighted by Crippen LogP contribution is -2.31. The number of nitrogens with one attached hydrogen (secondary N) is 2. The van der Waals surface area contributed by atoms with Gasteiger partial charge in [0.2, 0.25) is 0 Å². The molecule has 2 heterocycles. The van der Waals surface area contributed by atoms with Gasteiger partial charge < -0.3 is 20.3 Å². The largest absolute Gasteiger partial charge is 0.448 e. The van der Waals surface area contributed by atoms with E-state index in [1.807, 2.05) is 13.8 Å². The number of rotatable bonds is 5. The minimum absolute atomic E-state index is 0.124. The molecule has 1 aliphatic rings. The summed E-state index contributed by atoms with van der Waals surface area (Å²) in [5, 5.41) is 21.7. The number of carbonyl (C=O) groups excluding carboxylic acids is 2. The predicted molar refractivity (Wildman–Crippen MR) is 110 cm³/mol. The third-order valence-corrected chi connectivity index (χ3v) is 4.89. The van der Waals surface area contributed by atoms with Gasteiger partial charge >= 0.3 is 6.09 Å². The number of benzene rings is 1. The summed E-state index contributed by atoms with van der Waals surface area (Å²) in [6.07, 6.45) is -0.740. The van der Waals surface area contributed by atoms with E-state index in [0.717, 1.165) is 4.68 Å². The van der Waals surface area contributed by atoms with Crippen LogP contribution < -0.4 is 15.5 Å². The van der Waals surface area contributed by atoms with Crippen molar-refractivity contribution in [1.82, 2.24) is 15.1 Å². The van der Waals surface area contributed by atoms with E-state index >= 15 is 0 Å². The first-order valence-corrected chi connectivity index (χ1v) is 9.38. The van der Waals surface area contributed by atoms with Crippen molar-refractivity contribution in [3.63, 3.8) is 0 Å². The van der Waals surface area contributed by atoms with Gasteiger partial charge in [-0.05, 0) is 32.9 Å². The van der Waals surface area contributed by atoms with E-state index in [9.17, 15) is 19.7 Å². The van der Waals surface area contributed by atoms with Crippen molar-refractivity contribution in [2.75, 3.05) is 30.9 Å². The van der Waals surface area contributed by atoms with Crippen LogP contribution in [0.2, 0.25) is 0 Å². The number of anilines is 2. The van der Waals surface area contributed by atoms with Crippen molar-refractivity contribution in [1.29, 1.82) is 0 Å². The maximum absolute atomic E-state index is 13.0. The van der Waals surface area contributed by atoms with E-state index in [0.29, 0.717) is 23.5 Å². The van der Waals surface area contributed by atoms with Crippen molar-refractivity contribution in [2.45, 2.75) is 32.9 Å². The molecule has 2 N–H and O–H groups in total. The summed E-state index contributed by atoms with van der Waals surface area (Å²) in [6.45, 7) is 5.97. The Labute approximate surface area is 173 Å². The molecule has 0 fully saturated rings. The number of amides is 1. The van der Waals surface area contributed by atoms with E-state index in [4.69, 9.17) is 4.74 Å². The molecule has 0 aliphatic carbocycles. The number of hydrogen-bond donors (Lipinski definition) is 2. The molecule has 1 aromatic carbocycles. The van der Waals surface area contributed by atoms with Gasteiger partial charge in [-0.15, -0.1) is 4.68 Å². The van der Waals surface area contributed by atoms with Crippen LogP contribution in [-0.2, 0) is 16.8 Å². The first-order valence-electron chi connectivity index (χ1n) is 9.38. The van der Waals surface area contributed by atoms with Gasteiger partial charge in [0.25, 0.3) is 11.6 Å². The Morgan fingerprint density at radius 3 is 2.70 bits per heavy atom. The smallest absolute Gasteiger partial charge is 0.436 e. The molecule has 1 aliphatic heterocycles. The zero-order valence-electron chi connectivity index (χ0n) is 17.5. The number of nitrogens with zero attached hydrogens (tertiary/aromatic N) is 4. The van der Waals surface area contributed by atoms with Crippen LogP contribution in [-0.4, -0.2) is 47.4 Å². The average molecular weight is 416 g/mol. The highest BCUT2D eigenvalue weighted by Gasteiger charge is 2.38. The number of nitro groups is 1. The van der Waals surface area contributed by atoms with Crippen LogP contribution in [0.3, 0.4) is 0 Å². The Bertz CT molecular complexity index is 1030. The van der Waals surface area contributed by atoms with Crippen molar-refractivity contribution in [3.05, 3.63) is 45.1 Å². The number of fused-ring (bicyclic) bond motifs is 1. The maximum Gasteiger partial charge on any atom is 0.436 e. The summed E-state index contributed by atoms with van der Waals surface area (Å²) in [4.78, 5) is 38.0. The molecule has 2 aromatic rings. The van der Waals surface area contributed by atoms with Crippen LogP contribution in [0.5, 0.6) is 0 Å². The second-order valence-electron chi connectivity index (χ2n) is 7.57. The van der Waals surface area contributed by atoms with Crippen LogP contribution in [0.1, 0.15) is 42.4 Å². The summed E-state index contributed by atoms with van der Waals surface area (Å²) >= 11 is 0. The Morgan fingerprint density at radius 1 is 1.40 bits per heavy atom. The molecule has 3 rings (SSSR count). The molecule has 0 saturated heterocycles. The highest BCUT2D eigenvalue weighted by molar-refractivity contribution is 6.08. The van der Waals surface area contributed by atoms with Crippen molar-refractivity contribution in [2.24, 2.45) is 0 Å². The molecule has 0 spiro atoms. The Kier molecular flexibility index (Phi) is 5.49. The molecule has 0 radical (unpaired) electrons. The van der Waals surface area contributed by atoms with Crippen molar-refractivity contribution < 1.29 is 19.2 Å². The Balaban J connectivity index is 2.04. The van der Waals surface area contributed by atoms with Gasteiger partial charge in [-0.2, -0.15) is 5.10 Å². The third kappa shape index (κ3) is 3.71. The lowest BCUT2D eigenvalue weighted by Gasteiger charge is -2.17. The van der Waals surface area contributed by atoms with E-state index in [1.165, 1.54) is 12.1 Å². The van der Waals surface area contributed by atoms with Crippen LogP contribution in [0.25, 0.3) is 0 Å². The van der Waals surface area contributed by atoms with Gasteiger partial charge in [0.15, 0.2) is 0 Å².